The lowest BCUT2D eigenvalue weighted by molar-refractivity contribution is -0.111. The van der Waals surface area contributed by atoms with Gasteiger partial charge in [-0.25, -0.2) is 9.38 Å². The molecule has 35 heavy (non-hydrogen) atoms. The van der Waals surface area contributed by atoms with Gasteiger partial charge in [-0.3, -0.25) is 14.5 Å². The number of carbonyl (C=O) groups excluding carboxylic acids is 1. The minimum Gasteiger partial charge on any atom is -0.376 e. The number of aromatic nitrogens is 3. The van der Waals surface area contributed by atoms with E-state index >= 15 is 0 Å². The van der Waals surface area contributed by atoms with Crippen LogP contribution in [0, 0.1) is 5.82 Å². The first-order valence-electron chi connectivity index (χ1n) is 10.8. The molecule has 1 aliphatic heterocycles. The number of nitrogens with zero attached hydrogens (tertiary/aromatic N) is 6. The first-order chi connectivity index (χ1) is 16.8. The summed E-state index contributed by atoms with van der Waals surface area (Å²) in [5.74, 6) is -0.336. The van der Waals surface area contributed by atoms with E-state index in [2.05, 4.69) is 42.6 Å². The first-order valence-corrected chi connectivity index (χ1v) is 10.8. The molecule has 0 saturated carbocycles. The van der Waals surface area contributed by atoms with E-state index in [1.807, 2.05) is 32.1 Å². The van der Waals surface area contributed by atoms with E-state index in [4.69, 9.17) is 0 Å². The van der Waals surface area contributed by atoms with Crippen molar-refractivity contribution in [1.29, 1.82) is 0 Å². The van der Waals surface area contributed by atoms with Gasteiger partial charge in [0.25, 0.3) is 0 Å². The number of carbonyl (C=O) groups is 1. The Kier molecular flexibility index (Phi) is 6.86. The molecule has 3 aromatic rings. The van der Waals surface area contributed by atoms with E-state index in [-0.39, 0.29) is 11.6 Å². The first kappa shape index (κ1) is 23.6. The molecule has 0 radical (unpaired) electrons. The van der Waals surface area contributed by atoms with Gasteiger partial charge >= 0.3 is 0 Å². The lowest BCUT2D eigenvalue weighted by Gasteiger charge is -2.25. The monoisotopic (exact) mass is 475 g/mol. The zero-order valence-electron chi connectivity index (χ0n) is 19.7. The highest BCUT2D eigenvalue weighted by Gasteiger charge is 2.25. The van der Waals surface area contributed by atoms with Crippen LogP contribution in [0.2, 0.25) is 0 Å². The highest BCUT2D eigenvalue weighted by Crippen LogP contribution is 2.27. The van der Waals surface area contributed by atoms with Crippen LogP contribution in [0.25, 0.3) is 0 Å². The van der Waals surface area contributed by atoms with Crippen LogP contribution in [0.15, 0.2) is 71.7 Å². The molecule has 1 amide bonds. The summed E-state index contributed by atoms with van der Waals surface area (Å²) in [5, 5.41) is 13.0. The van der Waals surface area contributed by atoms with E-state index in [1.54, 1.807) is 29.5 Å². The van der Waals surface area contributed by atoms with Crippen molar-refractivity contribution in [2.24, 2.45) is 17.0 Å². The Labute approximate surface area is 202 Å². The number of pyridine rings is 1. The van der Waals surface area contributed by atoms with Crippen LogP contribution in [-0.2, 0) is 11.8 Å². The predicted octanol–water partition coefficient (Wildman–Crippen LogP) is 3.22. The summed E-state index contributed by atoms with van der Waals surface area (Å²) in [6.07, 6.45) is 8.12. The van der Waals surface area contributed by atoms with Gasteiger partial charge in [-0.2, -0.15) is 10.1 Å². The van der Waals surface area contributed by atoms with E-state index in [9.17, 15) is 9.18 Å². The van der Waals surface area contributed by atoms with Crippen molar-refractivity contribution in [2.75, 3.05) is 41.5 Å². The van der Waals surface area contributed by atoms with Gasteiger partial charge in [0.05, 0.1) is 41.9 Å². The van der Waals surface area contributed by atoms with Gasteiger partial charge in [-0.1, -0.05) is 6.58 Å². The van der Waals surface area contributed by atoms with Crippen molar-refractivity contribution in [3.05, 3.63) is 73.1 Å². The summed E-state index contributed by atoms with van der Waals surface area (Å²) < 4.78 is 16.4. The molecule has 0 aliphatic carbocycles. The van der Waals surface area contributed by atoms with E-state index < -0.39 is 11.7 Å². The molecular weight excluding hydrogens is 449 g/mol. The molecule has 1 aliphatic rings. The fraction of sp³-hybridized carbons (Fsp3) is 0.208. The minimum absolute atomic E-state index is 0.162. The molecule has 0 bridgehead atoms. The number of benzene rings is 1. The third-order valence-corrected chi connectivity index (χ3v) is 5.29. The van der Waals surface area contributed by atoms with Crippen molar-refractivity contribution in [2.45, 2.75) is 5.92 Å². The average Bonchev–Trinajstić information content (AvgIpc) is 3.25. The maximum absolute atomic E-state index is 14.8. The molecule has 1 aromatic carbocycles. The average molecular weight is 476 g/mol. The van der Waals surface area contributed by atoms with Crippen LogP contribution in [0.1, 0.15) is 11.5 Å². The fourth-order valence-electron chi connectivity index (χ4n) is 3.46. The molecule has 2 aromatic heterocycles. The van der Waals surface area contributed by atoms with Gasteiger partial charge in [-0.15, -0.1) is 0 Å². The minimum atomic E-state index is -0.493. The number of hydrogen-bond donors (Lipinski definition) is 3. The Bertz CT molecular complexity index is 1310. The fourth-order valence-corrected chi connectivity index (χ4v) is 3.46. The molecule has 3 N–H and O–H groups in total. The lowest BCUT2D eigenvalue weighted by Crippen LogP contribution is -2.31. The standard InChI is InChI=1S/C24H26FN9O/c1-5-22(35)29-16-6-7-20(25)21(9-16)31-23-19(15-8-18(33(2)3)12-26-10-15)13-27-24(32-23)30-17-11-28-34(4)14-17/h5-12,14,19H,1,13H2,2-4H3,(H,29,35)(H2,27,30,31,32). The summed E-state index contributed by atoms with van der Waals surface area (Å²) in [7, 11) is 5.68. The number of amidine groups is 1. The summed E-state index contributed by atoms with van der Waals surface area (Å²) >= 11 is 0. The highest BCUT2D eigenvalue weighted by molar-refractivity contribution is 6.11. The molecule has 180 valence electrons. The number of aliphatic imine (C=N–C) groups is 2. The van der Waals surface area contributed by atoms with Crippen molar-refractivity contribution in [3.63, 3.8) is 0 Å². The van der Waals surface area contributed by atoms with Crippen LogP contribution >= 0.6 is 0 Å². The number of amides is 1. The van der Waals surface area contributed by atoms with Gasteiger partial charge in [0.2, 0.25) is 11.9 Å². The number of nitrogens with one attached hydrogen (secondary N) is 3. The Balaban J connectivity index is 1.68. The third kappa shape index (κ3) is 5.69. The maximum atomic E-state index is 14.8. The largest absolute Gasteiger partial charge is 0.376 e. The van der Waals surface area contributed by atoms with Crippen molar-refractivity contribution in [3.8, 4) is 0 Å². The maximum Gasteiger partial charge on any atom is 0.247 e. The number of halogens is 1. The van der Waals surface area contributed by atoms with Gasteiger partial charge in [0.15, 0.2) is 0 Å². The van der Waals surface area contributed by atoms with Crippen molar-refractivity contribution >= 4 is 40.5 Å². The van der Waals surface area contributed by atoms with Crippen molar-refractivity contribution < 1.29 is 9.18 Å². The van der Waals surface area contributed by atoms with E-state index in [0.717, 1.165) is 23.0 Å². The molecule has 4 rings (SSSR count). The zero-order valence-corrected chi connectivity index (χ0v) is 19.7. The second-order valence-electron chi connectivity index (χ2n) is 8.13. The van der Waals surface area contributed by atoms with Gasteiger partial charge in [0.1, 0.15) is 11.7 Å². The number of guanidine groups is 1. The number of hydrogen-bond acceptors (Lipinski definition) is 8. The highest BCUT2D eigenvalue weighted by atomic mass is 19.1. The molecular formula is C24H26FN9O. The van der Waals surface area contributed by atoms with E-state index in [1.165, 1.54) is 18.2 Å². The molecule has 0 fully saturated rings. The molecule has 0 spiro atoms. The third-order valence-electron chi connectivity index (χ3n) is 5.29. The Hall–Kier alpha value is -4.54. The van der Waals surface area contributed by atoms with Gasteiger partial charge in [-0.05, 0) is 35.9 Å². The Morgan fingerprint density at radius 3 is 2.74 bits per heavy atom. The van der Waals surface area contributed by atoms with Gasteiger partial charge in [0, 0.05) is 39.2 Å². The number of rotatable bonds is 6. The van der Waals surface area contributed by atoms with Gasteiger partial charge < -0.3 is 20.9 Å². The molecule has 0 saturated heterocycles. The zero-order chi connectivity index (χ0) is 24.9. The SMILES string of the molecule is C=CC(=O)Nc1ccc(F)c(NC2=NC(Nc3cnn(C)c3)=NCC2c2cncc(N(C)C)c2)c1. The normalized spacial score (nSPS) is 15.0. The summed E-state index contributed by atoms with van der Waals surface area (Å²) in [5.41, 5.74) is 3.11. The second-order valence-corrected chi connectivity index (χ2v) is 8.13. The Morgan fingerprint density at radius 2 is 2.03 bits per heavy atom. The molecule has 10 nitrogen and oxygen atoms in total. The molecule has 1 unspecified atom stereocenters. The van der Waals surface area contributed by atoms with Crippen LogP contribution in [0.5, 0.6) is 0 Å². The lowest BCUT2D eigenvalue weighted by atomic mass is 9.98. The number of anilines is 4. The summed E-state index contributed by atoms with van der Waals surface area (Å²) in [4.78, 5) is 27.3. The van der Waals surface area contributed by atoms with E-state index in [0.29, 0.717) is 24.0 Å². The summed E-state index contributed by atoms with van der Waals surface area (Å²) in [6, 6.07) is 6.26. The quantitative estimate of drug-likeness (QED) is 0.472. The van der Waals surface area contributed by atoms with Crippen LogP contribution in [0.4, 0.5) is 27.1 Å². The summed E-state index contributed by atoms with van der Waals surface area (Å²) in [6.45, 7) is 3.80. The van der Waals surface area contributed by atoms with Crippen LogP contribution in [0.3, 0.4) is 0 Å². The number of aryl methyl sites for hydroxylation is 1. The van der Waals surface area contributed by atoms with Crippen LogP contribution < -0.4 is 20.9 Å². The Morgan fingerprint density at radius 1 is 1.20 bits per heavy atom. The molecule has 1 atom stereocenters. The predicted molar refractivity (Wildman–Crippen MR) is 137 cm³/mol. The molecule has 11 heteroatoms. The topological polar surface area (TPSA) is 112 Å². The molecule has 3 heterocycles. The van der Waals surface area contributed by atoms with Crippen molar-refractivity contribution in [1.82, 2.24) is 14.8 Å². The van der Waals surface area contributed by atoms with Crippen LogP contribution in [-0.4, -0.2) is 53.1 Å². The smallest absolute Gasteiger partial charge is 0.247 e. The second kappa shape index (κ2) is 10.2.